The van der Waals surface area contributed by atoms with E-state index in [1.807, 2.05) is 12.1 Å². The largest absolute Gasteiger partial charge is 0.495 e. The molecule has 2 aliphatic rings. The molecule has 0 spiro atoms. The average Bonchev–Trinajstić information content (AvgIpc) is 2.80. The van der Waals surface area contributed by atoms with Crippen LogP contribution < -0.4 is 20.0 Å². The summed E-state index contributed by atoms with van der Waals surface area (Å²) in [4.78, 5) is 18.6. The van der Waals surface area contributed by atoms with Crippen LogP contribution in [0.25, 0.3) is 0 Å². The van der Waals surface area contributed by atoms with Crippen molar-refractivity contribution in [1.82, 2.24) is 15.0 Å². The fourth-order valence-electron chi connectivity index (χ4n) is 3.93. The third-order valence-electron chi connectivity index (χ3n) is 5.50. The highest BCUT2D eigenvalue weighted by Crippen LogP contribution is 2.31. The predicted molar refractivity (Wildman–Crippen MR) is 132 cm³/mol. The lowest BCUT2D eigenvalue weighted by molar-refractivity contribution is 0.411. The van der Waals surface area contributed by atoms with Gasteiger partial charge in [0.15, 0.2) is 0 Å². The highest BCUT2D eigenvalue weighted by molar-refractivity contribution is 9.11. The SMILES string of the molecule is COc1c(Br)cc(Br)cc1C=NNc1nc(N2CCCCC2)nc(N2CCCCC2)n1. The second-order valence-corrected chi connectivity index (χ2v) is 9.50. The minimum absolute atomic E-state index is 0.459. The number of halogens is 2. The molecule has 1 N–H and O–H groups in total. The maximum Gasteiger partial charge on any atom is 0.250 e. The van der Waals surface area contributed by atoms with Crippen LogP contribution in [-0.2, 0) is 0 Å². The van der Waals surface area contributed by atoms with Crippen molar-refractivity contribution in [2.75, 3.05) is 48.5 Å². The first-order chi connectivity index (χ1) is 15.1. The van der Waals surface area contributed by atoms with Crippen LogP contribution in [0.2, 0.25) is 0 Å². The lowest BCUT2D eigenvalue weighted by Crippen LogP contribution is -2.34. The van der Waals surface area contributed by atoms with Crippen molar-refractivity contribution in [3.8, 4) is 5.75 Å². The fourth-order valence-corrected chi connectivity index (χ4v) is 5.35. The first-order valence-electron chi connectivity index (χ1n) is 10.7. The smallest absolute Gasteiger partial charge is 0.250 e. The van der Waals surface area contributed by atoms with Gasteiger partial charge in [0, 0.05) is 36.2 Å². The zero-order valence-corrected chi connectivity index (χ0v) is 20.8. The van der Waals surface area contributed by atoms with Gasteiger partial charge in [-0.1, -0.05) is 15.9 Å². The number of ether oxygens (including phenoxy) is 1. The van der Waals surface area contributed by atoms with Gasteiger partial charge in [-0.05, 0) is 66.6 Å². The predicted octanol–water partition coefficient (Wildman–Crippen LogP) is 4.83. The van der Waals surface area contributed by atoms with Crippen molar-refractivity contribution >= 4 is 55.9 Å². The highest BCUT2D eigenvalue weighted by atomic mass is 79.9. The van der Waals surface area contributed by atoms with Crippen LogP contribution in [0, 0.1) is 0 Å². The summed E-state index contributed by atoms with van der Waals surface area (Å²) in [6.45, 7) is 3.93. The van der Waals surface area contributed by atoms with Crippen LogP contribution in [0.15, 0.2) is 26.2 Å². The van der Waals surface area contributed by atoms with E-state index in [1.54, 1.807) is 13.3 Å². The van der Waals surface area contributed by atoms with Gasteiger partial charge in [0.1, 0.15) is 5.75 Å². The lowest BCUT2D eigenvalue weighted by atomic mass is 10.1. The number of hydrogen-bond donors (Lipinski definition) is 1. The Balaban J connectivity index is 1.58. The summed E-state index contributed by atoms with van der Waals surface area (Å²) in [7, 11) is 1.64. The minimum Gasteiger partial charge on any atom is -0.495 e. The van der Waals surface area contributed by atoms with E-state index in [0.717, 1.165) is 52.6 Å². The molecule has 1 aromatic carbocycles. The Labute approximate surface area is 199 Å². The first-order valence-corrected chi connectivity index (χ1v) is 12.3. The second-order valence-electron chi connectivity index (χ2n) is 7.73. The Hall–Kier alpha value is -1.94. The lowest BCUT2D eigenvalue weighted by Gasteiger charge is -2.30. The van der Waals surface area contributed by atoms with E-state index < -0.39 is 0 Å². The van der Waals surface area contributed by atoms with Gasteiger partial charge >= 0.3 is 0 Å². The normalized spacial score (nSPS) is 17.3. The molecule has 8 nitrogen and oxygen atoms in total. The Morgan fingerprint density at radius 1 is 0.903 bits per heavy atom. The van der Waals surface area contributed by atoms with Crippen LogP contribution in [0.4, 0.5) is 17.8 Å². The molecule has 0 saturated carbocycles. The molecule has 0 unspecified atom stereocenters. The molecule has 2 aromatic rings. The Morgan fingerprint density at radius 2 is 1.48 bits per heavy atom. The summed E-state index contributed by atoms with van der Waals surface area (Å²) in [5, 5.41) is 4.39. The molecule has 1 aromatic heterocycles. The topological polar surface area (TPSA) is 78.8 Å². The van der Waals surface area contributed by atoms with Gasteiger partial charge in [-0.3, -0.25) is 0 Å². The Kier molecular flexibility index (Phi) is 7.60. The minimum atomic E-state index is 0.459. The van der Waals surface area contributed by atoms with Crippen LogP contribution in [0.5, 0.6) is 5.75 Å². The van der Waals surface area contributed by atoms with Crippen LogP contribution in [0.1, 0.15) is 44.1 Å². The number of nitrogens with zero attached hydrogens (tertiary/aromatic N) is 6. The van der Waals surface area contributed by atoms with Gasteiger partial charge in [0.05, 0.1) is 17.8 Å². The zero-order valence-electron chi connectivity index (χ0n) is 17.7. The van der Waals surface area contributed by atoms with Crippen molar-refractivity contribution in [1.29, 1.82) is 0 Å². The van der Waals surface area contributed by atoms with Crippen molar-refractivity contribution in [2.24, 2.45) is 5.10 Å². The van der Waals surface area contributed by atoms with Gasteiger partial charge in [-0.25, -0.2) is 5.43 Å². The molecule has 0 radical (unpaired) electrons. The van der Waals surface area contributed by atoms with E-state index in [4.69, 9.17) is 9.72 Å². The van der Waals surface area contributed by atoms with E-state index in [2.05, 4.69) is 62.2 Å². The molecular weight excluding hydrogens is 526 g/mol. The van der Waals surface area contributed by atoms with Gasteiger partial charge in [-0.2, -0.15) is 20.1 Å². The van der Waals surface area contributed by atoms with Gasteiger partial charge < -0.3 is 14.5 Å². The molecule has 0 amide bonds. The molecule has 4 rings (SSSR count). The number of anilines is 3. The number of piperidine rings is 2. The van der Waals surface area contributed by atoms with E-state index in [0.29, 0.717) is 11.7 Å². The molecule has 2 saturated heterocycles. The monoisotopic (exact) mass is 551 g/mol. The molecule has 0 bridgehead atoms. The van der Waals surface area contributed by atoms with Crippen molar-refractivity contribution < 1.29 is 4.74 Å². The first kappa shape index (κ1) is 22.3. The van der Waals surface area contributed by atoms with Crippen LogP contribution in [-0.4, -0.2) is 54.5 Å². The van der Waals surface area contributed by atoms with Gasteiger partial charge in [0.2, 0.25) is 17.8 Å². The fraction of sp³-hybridized carbons (Fsp3) is 0.524. The molecule has 10 heteroatoms. The number of aromatic nitrogens is 3. The zero-order chi connectivity index (χ0) is 21.6. The second kappa shape index (κ2) is 10.6. The van der Waals surface area contributed by atoms with E-state index in [9.17, 15) is 0 Å². The third-order valence-corrected chi connectivity index (χ3v) is 6.55. The number of methoxy groups -OCH3 is 1. The maximum absolute atomic E-state index is 5.49. The average molecular weight is 553 g/mol. The third kappa shape index (κ3) is 5.65. The van der Waals surface area contributed by atoms with Crippen LogP contribution in [0.3, 0.4) is 0 Å². The number of nitrogens with one attached hydrogen (secondary N) is 1. The highest BCUT2D eigenvalue weighted by Gasteiger charge is 2.20. The van der Waals surface area contributed by atoms with Crippen LogP contribution >= 0.6 is 31.9 Å². The maximum atomic E-state index is 5.49. The summed E-state index contributed by atoms with van der Waals surface area (Å²) in [5.41, 5.74) is 3.84. The Bertz CT molecular complexity index is 892. The quantitative estimate of drug-likeness (QED) is 0.406. The summed E-state index contributed by atoms with van der Waals surface area (Å²) >= 11 is 7.03. The van der Waals surface area contributed by atoms with Crippen molar-refractivity contribution in [2.45, 2.75) is 38.5 Å². The van der Waals surface area contributed by atoms with Gasteiger partial charge in [0.25, 0.3) is 0 Å². The summed E-state index contributed by atoms with van der Waals surface area (Å²) < 4.78 is 7.27. The molecule has 166 valence electrons. The molecule has 2 fully saturated rings. The molecule has 0 atom stereocenters. The van der Waals surface area contributed by atoms with Crippen molar-refractivity contribution in [3.05, 3.63) is 26.6 Å². The molecule has 3 heterocycles. The summed E-state index contributed by atoms with van der Waals surface area (Å²) in [6.07, 6.45) is 8.91. The summed E-state index contributed by atoms with van der Waals surface area (Å²) in [5.74, 6) is 2.64. The number of hydrazone groups is 1. The number of benzene rings is 1. The van der Waals surface area contributed by atoms with E-state index in [1.165, 1.54) is 38.5 Å². The van der Waals surface area contributed by atoms with E-state index in [-0.39, 0.29) is 0 Å². The number of hydrogen-bond acceptors (Lipinski definition) is 8. The molecule has 31 heavy (non-hydrogen) atoms. The van der Waals surface area contributed by atoms with E-state index >= 15 is 0 Å². The van der Waals surface area contributed by atoms with Crippen molar-refractivity contribution in [3.63, 3.8) is 0 Å². The van der Waals surface area contributed by atoms with Gasteiger partial charge in [-0.15, -0.1) is 0 Å². The Morgan fingerprint density at radius 3 is 2.03 bits per heavy atom. The number of rotatable bonds is 6. The molecular formula is C21H27Br2N7O. The molecule has 2 aliphatic heterocycles. The molecule has 0 aliphatic carbocycles. The summed E-state index contributed by atoms with van der Waals surface area (Å²) in [6, 6.07) is 3.88. The standard InChI is InChI=1S/C21H27Br2N7O/c1-31-18-15(12-16(22)13-17(18)23)14-24-28-19-25-20(29-8-4-2-5-9-29)27-21(26-19)30-10-6-3-7-11-30/h12-14H,2-11H2,1H3,(H,25,26,27,28).